The minimum Gasteiger partial charge on any atom is -0.153 e. The molecule has 0 rings (SSSR count). The van der Waals surface area contributed by atoms with Crippen molar-refractivity contribution in [2.75, 3.05) is 0 Å². The van der Waals surface area contributed by atoms with Crippen LogP contribution < -0.4 is 0 Å². The fourth-order valence-corrected chi connectivity index (χ4v) is 0. The smallest absolute Gasteiger partial charge is 0 e. The fourth-order valence-electron chi connectivity index (χ4n) is 0. The minimum atomic E-state index is 0. The van der Waals surface area contributed by atoms with Crippen molar-refractivity contribution in [1.29, 1.82) is 0 Å². The van der Waals surface area contributed by atoms with Crippen molar-refractivity contribution < 1.29 is 19.5 Å². The van der Waals surface area contributed by atoms with Crippen LogP contribution in [0.5, 0.6) is 0 Å². The molecule has 0 bridgehead atoms. The van der Waals surface area contributed by atoms with E-state index in [1.54, 1.807) is 0 Å². The molecule has 58 valence electrons. The standard InChI is InChI=1S/7H3P.Zn/h7*1H3;. The average molecular weight is 303 g/mol. The normalized spacial score (nSPS) is 0. The summed E-state index contributed by atoms with van der Waals surface area (Å²) in [5, 5.41) is 0. The van der Waals surface area contributed by atoms with Gasteiger partial charge in [-0.05, 0) is 0 Å². The van der Waals surface area contributed by atoms with Crippen LogP contribution in [0.3, 0.4) is 0 Å². The van der Waals surface area contributed by atoms with Crippen LogP contribution in [0.15, 0.2) is 0 Å². The summed E-state index contributed by atoms with van der Waals surface area (Å²) < 4.78 is 0. The van der Waals surface area contributed by atoms with E-state index in [0.717, 1.165) is 0 Å². The first-order chi connectivity index (χ1) is 0. The third kappa shape index (κ3) is 54.4. The molecule has 0 saturated heterocycles. The molecule has 8 heavy (non-hydrogen) atoms. The molecule has 8 heteroatoms. The van der Waals surface area contributed by atoms with Crippen LogP contribution in [0, 0.1) is 0 Å². The second-order valence-electron chi connectivity index (χ2n) is 0. The number of hydrogen-bond donors (Lipinski definition) is 0. The van der Waals surface area contributed by atoms with Crippen molar-refractivity contribution in [2.24, 2.45) is 0 Å². The molecule has 0 aromatic rings. The van der Waals surface area contributed by atoms with Crippen molar-refractivity contribution in [3.8, 4) is 0 Å². The summed E-state index contributed by atoms with van der Waals surface area (Å²) in [4.78, 5) is 0. The maximum atomic E-state index is 0. The van der Waals surface area contributed by atoms with Gasteiger partial charge in [0.15, 0.2) is 0 Å². The Hall–Kier alpha value is 3.63. The monoisotopic (exact) mass is 302 g/mol. The summed E-state index contributed by atoms with van der Waals surface area (Å²) in [6.07, 6.45) is 0. The topological polar surface area (TPSA) is 0 Å². The van der Waals surface area contributed by atoms with E-state index in [9.17, 15) is 0 Å². The van der Waals surface area contributed by atoms with Crippen LogP contribution in [0.25, 0.3) is 0 Å². The van der Waals surface area contributed by atoms with Gasteiger partial charge >= 0.3 is 0 Å². The van der Waals surface area contributed by atoms with Crippen molar-refractivity contribution in [2.45, 2.75) is 0 Å². The van der Waals surface area contributed by atoms with Gasteiger partial charge in [0, 0.05) is 19.5 Å². The van der Waals surface area contributed by atoms with Gasteiger partial charge in [0.1, 0.15) is 0 Å². The van der Waals surface area contributed by atoms with Gasteiger partial charge in [-0.1, -0.05) is 0 Å². The van der Waals surface area contributed by atoms with E-state index in [1.807, 2.05) is 0 Å². The van der Waals surface area contributed by atoms with E-state index < -0.39 is 0 Å². The molecule has 0 fully saturated rings. The molecule has 0 aromatic heterocycles. The molecule has 0 amide bonds. The molecule has 0 saturated carbocycles. The predicted octanol–water partition coefficient (Wildman–Crippen LogP) is 0.404. The molecule has 0 aliphatic heterocycles. The second-order valence-corrected chi connectivity index (χ2v) is 0. The number of rotatable bonds is 0. The van der Waals surface area contributed by atoms with Gasteiger partial charge in [-0.25, -0.2) is 0 Å². The molecule has 0 aromatic carbocycles. The predicted molar refractivity (Wildman–Crippen MR) is 77.7 cm³/mol. The van der Waals surface area contributed by atoms with Gasteiger partial charge in [0.2, 0.25) is 0 Å². The summed E-state index contributed by atoms with van der Waals surface area (Å²) in [7, 11) is 0. The largest absolute Gasteiger partial charge is 0.153 e. The van der Waals surface area contributed by atoms with Crippen LogP contribution in [0.2, 0.25) is 0 Å². The minimum absolute atomic E-state index is 0. The van der Waals surface area contributed by atoms with Crippen molar-refractivity contribution in [3.63, 3.8) is 0 Å². The van der Waals surface area contributed by atoms with E-state index in [1.165, 1.54) is 0 Å². The summed E-state index contributed by atoms with van der Waals surface area (Å²) in [6.45, 7) is 0. The summed E-state index contributed by atoms with van der Waals surface area (Å²) >= 11 is 0. The molecule has 0 spiro atoms. The summed E-state index contributed by atoms with van der Waals surface area (Å²) in [5.74, 6) is 0. The van der Waals surface area contributed by atoms with Gasteiger partial charge in [0.05, 0.1) is 0 Å². The molecule has 7 atom stereocenters. The molecule has 0 radical (unpaired) electrons. The third-order valence-corrected chi connectivity index (χ3v) is 0. The van der Waals surface area contributed by atoms with Gasteiger partial charge in [0.25, 0.3) is 0 Å². The maximum absolute atomic E-state index is 0. The Kier molecular flexibility index (Phi) is 931. The van der Waals surface area contributed by atoms with Gasteiger partial charge < -0.3 is 0 Å². The first kappa shape index (κ1) is 99.6. The zero-order chi connectivity index (χ0) is 0. The van der Waals surface area contributed by atoms with Gasteiger partial charge in [-0.3, -0.25) is 0 Å². The quantitative estimate of drug-likeness (QED) is 0.449. The molecular weight excluding hydrogens is 282 g/mol. The number of hydrogen-bond acceptors (Lipinski definition) is 0. The zero-order valence-corrected chi connectivity index (χ0v) is 18.5. The Morgan fingerprint density at radius 3 is 0.250 bits per heavy atom. The van der Waals surface area contributed by atoms with Crippen LogP contribution in [0.1, 0.15) is 0 Å². The maximum Gasteiger partial charge on any atom is 0 e. The summed E-state index contributed by atoms with van der Waals surface area (Å²) in [5.41, 5.74) is 0. The Labute approximate surface area is 88.5 Å². The molecule has 0 aliphatic carbocycles. The van der Waals surface area contributed by atoms with Crippen molar-refractivity contribution >= 4 is 69.3 Å². The Morgan fingerprint density at radius 2 is 0.250 bits per heavy atom. The van der Waals surface area contributed by atoms with Crippen molar-refractivity contribution in [1.82, 2.24) is 0 Å². The Balaban J connectivity index is 0. The average Bonchev–Trinajstić information content (AvgIpc) is 0. The van der Waals surface area contributed by atoms with E-state index >= 15 is 0 Å². The first-order valence-electron chi connectivity index (χ1n) is 0. The van der Waals surface area contributed by atoms with Crippen LogP contribution >= 0.6 is 69.3 Å². The van der Waals surface area contributed by atoms with E-state index in [-0.39, 0.29) is 88.8 Å². The third-order valence-electron chi connectivity index (χ3n) is 0. The van der Waals surface area contributed by atoms with Crippen LogP contribution in [-0.4, -0.2) is 0 Å². The van der Waals surface area contributed by atoms with E-state index in [0.29, 0.717) is 0 Å². The van der Waals surface area contributed by atoms with Crippen molar-refractivity contribution in [3.05, 3.63) is 0 Å². The summed E-state index contributed by atoms with van der Waals surface area (Å²) in [6, 6.07) is 0. The molecule has 7 unspecified atom stereocenters. The van der Waals surface area contributed by atoms with Crippen LogP contribution in [-0.2, 0) is 19.5 Å². The molecular formula is H21P7Zn. The van der Waals surface area contributed by atoms with E-state index in [2.05, 4.69) is 0 Å². The first-order valence-corrected chi connectivity index (χ1v) is 0. The Morgan fingerprint density at radius 1 is 0.250 bits per heavy atom. The SMILES string of the molecule is P.P.P.P.P.P.P.[Zn]. The Bertz CT molecular complexity index is 4.35. The zero-order valence-electron chi connectivity index (χ0n) is 5.66. The van der Waals surface area contributed by atoms with Gasteiger partial charge in [-0.2, -0.15) is 69.3 Å². The molecule has 0 heterocycles. The molecule has 0 N–H and O–H groups in total. The molecule has 0 aliphatic rings. The fraction of sp³-hybridized carbons (Fsp3) is 0. The van der Waals surface area contributed by atoms with E-state index in [4.69, 9.17) is 0 Å². The second kappa shape index (κ2) is 74.7. The van der Waals surface area contributed by atoms with Gasteiger partial charge in [-0.15, -0.1) is 0 Å². The van der Waals surface area contributed by atoms with Crippen LogP contribution in [0.4, 0.5) is 0 Å². The molecule has 0 nitrogen and oxygen atoms in total.